The van der Waals surface area contributed by atoms with Gasteiger partial charge in [-0.15, -0.1) is 0 Å². The van der Waals surface area contributed by atoms with E-state index in [4.69, 9.17) is 4.42 Å². The number of rotatable bonds is 3. The van der Waals surface area contributed by atoms with Crippen LogP contribution in [0.15, 0.2) is 22.6 Å². The lowest BCUT2D eigenvalue weighted by molar-refractivity contribution is 0.515. The van der Waals surface area contributed by atoms with Crippen molar-refractivity contribution in [3.05, 3.63) is 33.1 Å². The van der Waals surface area contributed by atoms with Gasteiger partial charge in [0.25, 0.3) is 0 Å². The van der Waals surface area contributed by atoms with Gasteiger partial charge in [-0.1, -0.05) is 19.1 Å². The van der Waals surface area contributed by atoms with Gasteiger partial charge >= 0.3 is 0 Å². The van der Waals surface area contributed by atoms with E-state index in [1.54, 1.807) is 0 Å². The Labute approximate surface area is 103 Å². The van der Waals surface area contributed by atoms with E-state index in [-0.39, 0.29) is 0 Å². The zero-order valence-electron chi connectivity index (χ0n) is 8.93. The number of halogens is 1. The molecule has 2 aromatic rings. The smallest absolute Gasteiger partial charge is 0.147 e. The van der Waals surface area contributed by atoms with Crippen LogP contribution in [-0.2, 0) is 6.54 Å². The third kappa shape index (κ3) is 2.03. The Morgan fingerprint density at radius 1 is 1.40 bits per heavy atom. The molecule has 0 saturated heterocycles. The van der Waals surface area contributed by atoms with Crippen LogP contribution in [0.3, 0.4) is 0 Å². The van der Waals surface area contributed by atoms with Gasteiger partial charge in [0.2, 0.25) is 0 Å². The number of fused-ring (bicyclic) bond motifs is 1. The van der Waals surface area contributed by atoms with Gasteiger partial charge in [-0.3, -0.25) is 0 Å². The minimum absolute atomic E-state index is 0.813. The summed E-state index contributed by atoms with van der Waals surface area (Å²) in [6.45, 7) is 6.00. The SMILES string of the molecule is CCNCc1oc2c(I)cccc2c1C. The summed E-state index contributed by atoms with van der Waals surface area (Å²) < 4.78 is 7.04. The first-order valence-corrected chi connectivity index (χ1v) is 6.19. The van der Waals surface area contributed by atoms with Crippen molar-refractivity contribution in [1.29, 1.82) is 0 Å². The molecule has 0 spiro atoms. The van der Waals surface area contributed by atoms with Crippen LogP contribution in [0.4, 0.5) is 0 Å². The van der Waals surface area contributed by atoms with Crippen molar-refractivity contribution >= 4 is 33.6 Å². The fourth-order valence-electron chi connectivity index (χ4n) is 1.67. The molecule has 2 nitrogen and oxygen atoms in total. The molecule has 1 heterocycles. The highest BCUT2D eigenvalue weighted by Gasteiger charge is 2.11. The predicted octanol–water partition coefficient (Wildman–Crippen LogP) is 3.46. The van der Waals surface area contributed by atoms with Crippen LogP contribution >= 0.6 is 22.6 Å². The third-order valence-electron chi connectivity index (χ3n) is 2.55. The zero-order chi connectivity index (χ0) is 10.8. The molecular weight excluding hydrogens is 301 g/mol. The summed E-state index contributed by atoms with van der Waals surface area (Å²) in [6.07, 6.45) is 0. The molecule has 0 bridgehead atoms. The van der Waals surface area contributed by atoms with Crippen molar-refractivity contribution in [3.8, 4) is 0 Å². The van der Waals surface area contributed by atoms with Gasteiger partial charge in [0.05, 0.1) is 10.1 Å². The molecule has 0 aliphatic rings. The zero-order valence-corrected chi connectivity index (χ0v) is 11.1. The Hall–Kier alpha value is -0.550. The van der Waals surface area contributed by atoms with Crippen molar-refractivity contribution in [2.75, 3.05) is 6.54 Å². The van der Waals surface area contributed by atoms with E-state index in [2.05, 4.69) is 60.0 Å². The van der Waals surface area contributed by atoms with E-state index in [1.807, 2.05) is 0 Å². The van der Waals surface area contributed by atoms with Crippen molar-refractivity contribution < 1.29 is 4.42 Å². The highest BCUT2D eigenvalue weighted by molar-refractivity contribution is 14.1. The minimum atomic E-state index is 0.813. The van der Waals surface area contributed by atoms with Crippen LogP contribution in [0.25, 0.3) is 11.0 Å². The molecule has 0 atom stereocenters. The fourth-order valence-corrected chi connectivity index (χ4v) is 2.27. The molecule has 15 heavy (non-hydrogen) atoms. The maximum absolute atomic E-state index is 5.86. The normalized spacial score (nSPS) is 11.1. The molecule has 80 valence electrons. The average Bonchev–Trinajstić information content (AvgIpc) is 2.55. The van der Waals surface area contributed by atoms with Crippen molar-refractivity contribution in [2.45, 2.75) is 20.4 Å². The van der Waals surface area contributed by atoms with Gasteiger partial charge in [0.15, 0.2) is 0 Å². The van der Waals surface area contributed by atoms with Gasteiger partial charge in [-0.05, 0) is 47.7 Å². The molecule has 0 saturated carbocycles. The first-order valence-electron chi connectivity index (χ1n) is 5.11. The largest absolute Gasteiger partial charge is 0.458 e. The molecule has 0 unspecified atom stereocenters. The standard InChI is InChI=1S/C12H14INO/c1-3-14-7-11-8(2)9-5-4-6-10(13)12(9)15-11/h4-6,14H,3,7H2,1-2H3. The van der Waals surface area contributed by atoms with Crippen LogP contribution in [-0.4, -0.2) is 6.54 Å². The maximum Gasteiger partial charge on any atom is 0.147 e. The molecule has 1 N–H and O–H groups in total. The van der Waals surface area contributed by atoms with E-state index in [0.29, 0.717) is 0 Å². The topological polar surface area (TPSA) is 25.2 Å². The van der Waals surface area contributed by atoms with Crippen LogP contribution in [0.5, 0.6) is 0 Å². The van der Waals surface area contributed by atoms with Gasteiger partial charge in [0, 0.05) is 5.39 Å². The number of para-hydroxylation sites is 1. The summed E-state index contributed by atoms with van der Waals surface area (Å²) in [4.78, 5) is 0. The molecule has 0 radical (unpaired) electrons. The van der Waals surface area contributed by atoms with Crippen LogP contribution < -0.4 is 5.32 Å². The second-order valence-corrected chi connectivity index (χ2v) is 4.71. The summed E-state index contributed by atoms with van der Waals surface area (Å²) in [5, 5.41) is 4.52. The molecular formula is C12H14INO. The van der Waals surface area contributed by atoms with E-state index in [9.17, 15) is 0 Å². The number of hydrogen-bond acceptors (Lipinski definition) is 2. The Kier molecular flexibility index (Phi) is 3.31. The first-order chi connectivity index (χ1) is 7.24. The van der Waals surface area contributed by atoms with E-state index < -0.39 is 0 Å². The monoisotopic (exact) mass is 315 g/mol. The molecule has 2 rings (SSSR count). The number of aryl methyl sites for hydroxylation is 1. The highest BCUT2D eigenvalue weighted by atomic mass is 127. The van der Waals surface area contributed by atoms with Gasteiger partial charge in [0.1, 0.15) is 11.3 Å². The minimum Gasteiger partial charge on any atom is -0.458 e. The van der Waals surface area contributed by atoms with Crippen LogP contribution in [0, 0.1) is 10.5 Å². The van der Waals surface area contributed by atoms with E-state index in [0.717, 1.165) is 24.4 Å². The number of hydrogen-bond donors (Lipinski definition) is 1. The Morgan fingerprint density at radius 2 is 2.20 bits per heavy atom. The number of benzene rings is 1. The van der Waals surface area contributed by atoms with Gasteiger partial charge < -0.3 is 9.73 Å². The number of furan rings is 1. The summed E-state index contributed by atoms with van der Waals surface area (Å²) in [7, 11) is 0. The van der Waals surface area contributed by atoms with Crippen LogP contribution in [0.1, 0.15) is 18.2 Å². The summed E-state index contributed by atoms with van der Waals surface area (Å²) in [6, 6.07) is 6.26. The second kappa shape index (κ2) is 4.53. The molecule has 1 aromatic carbocycles. The molecule has 0 fully saturated rings. The van der Waals surface area contributed by atoms with E-state index in [1.165, 1.54) is 14.5 Å². The van der Waals surface area contributed by atoms with Gasteiger partial charge in [-0.25, -0.2) is 0 Å². The molecule has 1 aromatic heterocycles. The van der Waals surface area contributed by atoms with E-state index >= 15 is 0 Å². The third-order valence-corrected chi connectivity index (χ3v) is 3.40. The lowest BCUT2D eigenvalue weighted by Gasteiger charge is -1.97. The lowest BCUT2D eigenvalue weighted by atomic mass is 10.1. The second-order valence-electron chi connectivity index (χ2n) is 3.55. The van der Waals surface area contributed by atoms with Gasteiger partial charge in [-0.2, -0.15) is 0 Å². The Balaban J connectivity index is 2.49. The highest BCUT2D eigenvalue weighted by Crippen LogP contribution is 2.28. The predicted molar refractivity (Wildman–Crippen MR) is 71.0 cm³/mol. The molecule has 0 aliphatic heterocycles. The Bertz CT molecular complexity index is 476. The average molecular weight is 315 g/mol. The summed E-state index contributed by atoms with van der Waals surface area (Å²) in [5.74, 6) is 1.05. The molecule has 0 amide bonds. The summed E-state index contributed by atoms with van der Waals surface area (Å²) in [5.41, 5.74) is 2.27. The van der Waals surface area contributed by atoms with Crippen molar-refractivity contribution in [2.24, 2.45) is 0 Å². The van der Waals surface area contributed by atoms with Crippen LogP contribution in [0.2, 0.25) is 0 Å². The molecule has 0 aliphatic carbocycles. The van der Waals surface area contributed by atoms with Crippen molar-refractivity contribution in [3.63, 3.8) is 0 Å². The summed E-state index contributed by atoms with van der Waals surface area (Å²) >= 11 is 2.31. The first kappa shape index (κ1) is 11.0. The fraction of sp³-hybridized carbons (Fsp3) is 0.333. The lowest BCUT2D eigenvalue weighted by Crippen LogP contribution is -2.11. The van der Waals surface area contributed by atoms with Crippen molar-refractivity contribution in [1.82, 2.24) is 5.32 Å². The molecule has 3 heteroatoms. The maximum atomic E-state index is 5.86. The number of nitrogens with one attached hydrogen (secondary N) is 1. The quantitative estimate of drug-likeness (QED) is 0.878. The Morgan fingerprint density at radius 3 is 2.87 bits per heavy atom.